The van der Waals surface area contributed by atoms with Crippen LogP contribution in [0.2, 0.25) is 0 Å². The Hall–Kier alpha value is -2.25. The minimum atomic E-state index is 0.0316. The lowest BCUT2D eigenvalue weighted by Crippen LogP contribution is -2.47. The number of hydrogen-bond donors (Lipinski definition) is 0. The second kappa shape index (κ2) is 9.71. The smallest absolute Gasteiger partial charge is 0.228 e. The zero-order valence-corrected chi connectivity index (χ0v) is 18.3. The molecule has 3 heterocycles. The minimum absolute atomic E-state index is 0.0316. The summed E-state index contributed by atoms with van der Waals surface area (Å²) in [6.45, 7) is 6.06. The van der Waals surface area contributed by atoms with E-state index in [0.717, 1.165) is 35.5 Å². The van der Waals surface area contributed by atoms with Crippen molar-refractivity contribution in [3.63, 3.8) is 0 Å². The molecule has 0 atom stereocenters. The monoisotopic (exact) mass is 427 g/mol. The Balaban J connectivity index is 1.28. The van der Waals surface area contributed by atoms with Gasteiger partial charge >= 0.3 is 0 Å². The van der Waals surface area contributed by atoms with Gasteiger partial charge in [-0.3, -0.25) is 9.59 Å². The number of thiazole rings is 1. The average Bonchev–Trinajstić information content (AvgIpc) is 3.27. The maximum Gasteiger partial charge on any atom is 0.228 e. The predicted octanol–water partition coefficient (Wildman–Crippen LogP) is 3.01. The molecule has 2 aliphatic heterocycles. The van der Waals surface area contributed by atoms with Crippen LogP contribution in [0.3, 0.4) is 0 Å². The van der Waals surface area contributed by atoms with Gasteiger partial charge in [-0.05, 0) is 24.8 Å². The number of carbonyl (C=O) groups excluding carboxylic acids is 2. The van der Waals surface area contributed by atoms with E-state index in [4.69, 9.17) is 4.74 Å². The molecule has 0 saturated carbocycles. The van der Waals surface area contributed by atoms with E-state index in [0.29, 0.717) is 45.8 Å². The third-order valence-electron chi connectivity index (χ3n) is 6.01. The Morgan fingerprint density at radius 2 is 1.77 bits per heavy atom. The molecule has 2 amide bonds. The minimum Gasteiger partial charge on any atom is -0.378 e. The Morgan fingerprint density at radius 1 is 1.07 bits per heavy atom. The maximum absolute atomic E-state index is 12.8. The van der Waals surface area contributed by atoms with Gasteiger partial charge in [-0.25, -0.2) is 4.98 Å². The summed E-state index contributed by atoms with van der Waals surface area (Å²) in [6.07, 6.45) is 2.83. The first-order valence-corrected chi connectivity index (χ1v) is 11.7. The molecule has 1 aromatic carbocycles. The number of aryl methyl sites for hydroxylation is 1. The van der Waals surface area contributed by atoms with Crippen LogP contribution in [0.4, 0.5) is 0 Å². The Bertz CT molecular complexity index is 866. The lowest BCUT2D eigenvalue weighted by molar-refractivity contribution is -0.143. The summed E-state index contributed by atoms with van der Waals surface area (Å²) >= 11 is 1.58. The van der Waals surface area contributed by atoms with Gasteiger partial charge in [0.15, 0.2) is 0 Å². The van der Waals surface area contributed by atoms with Crippen molar-refractivity contribution in [2.45, 2.75) is 32.6 Å². The molecule has 30 heavy (non-hydrogen) atoms. The summed E-state index contributed by atoms with van der Waals surface area (Å²) in [5, 5.41) is 2.94. The molecule has 0 unspecified atom stereocenters. The van der Waals surface area contributed by atoms with Gasteiger partial charge < -0.3 is 14.5 Å². The normalized spacial score (nSPS) is 17.9. The second-order valence-corrected chi connectivity index (χ2v) is 8.82. The molecule has 0 bridgehead atoms. The number of piperidine rings is 1. The summed E-state index contributed by atoms with van der Waals surface area (Å²) < 4.78 is 5.33. The lowest BCUT2D eigenvalue weighted by atomic mass is 9.95. The SMILES string of the molecule is CCc1ccc(-c2nc(CC(=O)N3CCC(C(=O)N4CCOCC4)CC3)cs2)cc1. The molecule has 1 aromatic heterocycles. The van der Waals surface area contributed by atoms with Crippen LogP contribution in [0.15, 0.2) is 29.6 Å². The number of nitrogens with zero attached hydrogens (tertiary/aromatic N) is 3. The van der Waals surface area contributed by atoms with Crippen molar-refractivity contribution in [1.82, 2.24) is 14.8 Å². The number of hydrogen-bond acceptors (Lipinski definition) is 5. The van der Waals surface area contributed by atoms with Gasteiger partial charge in [0.1, 0.15) is 5.01 Å². The molecule has 6 nitrogen and oxygen atoms in total. The fourth-order valence-electron chi connectivity index (χ4n) is 4.09. The summed E-state index contributed by atoms with van der Waals surface area (Å²) in [5.74, 6) is 0.359. The fourth-order valence-corrected chi connectivity index (χ4v) is 4.91. The molecular formula is C23H29N3O3S. The largest absolute Gasteiger partial charge is 0.378 e. The topological polar surface area (TPSA) is 62.7 Å². The first-order chi connectivity index (χ1) is 14.6. The zero-order chi connectivity index (χ0) is 20.9. The number of benzene rings is 1. The lowest BCUT2D eigenvalue weighted by Gasteiger charge is -2.35. The third kappa shape index (κ3) is 4.90. The molecule has 7 heteroatoms. The van der Waals surface area contributed by atoms with Crippen molar-refractivity contribution in [1.29, 1.82) is 0 Å². The van der Waals surface area contributed by atoms with E-state index < -0.39 is 0 Å². The number of rotatable bonds is 5. The van der Waals surface area contributed by atoms with Crippen LogP contribution in [0.25, 0.3) is 10.6 Å². The van der Waals surface area contributed by atoms with Crippen molar-refractivity contribution in [3.8, 4) is 10.6 Å². The summed E-state index contributed by atoms with van der Waals surface area (Å²) in [5.41, 5.74) is 3.23. The number of carbonyl (C=O) groups is 2. The van der Waals surface area contributed by atoms with E-state index in [1.54, 1.807) is 11.3 Å². The van der Waals surface area contributed by atoms with Crippen molar-refractivity contribution >= 4 is 23.2 Å². The van der Waals surface area contributed by atoms with Gasteiger partial charge in [-0.2, -0.15) is 0 Å². The highest BCUT2D eigenvalue weighted by Gasteiger charge is 2.31. The van der Waals surface area contributed by atoms with Gasteiger partial charge in [-0.1, -0.05) is 31.2 Å². The highest BCUT2D eigenvalue weighted by atomic mass is 32.1. The Morgan fingerprint density at radius 3 is 2.43 bits per heavy atom. The van der Waals surface area contributed by atoms with Gasteiger partial charge in [0.05, 0.1) is 25.3 Å². The van der Waals surface area contributed by atoms with Gasteiger partial charge in [0, 0.05) is 43.0 Å². The van der Waals surface area contributed by atoms with Crippen LogP contribution in [-0.2, 0) is 27.2 Å². The standard InChI is InChI=1S/C23H29N3O3S/c1-2-17-3-5-18(6-4-17)22-24-20(16-30-22)15-21(27)25-9-7-19(8-10-25)23(28)26-11-13-29-14-12-26/h3-6,16,19H,2,7-15H2,1H3. The highest BCUT2D eigenvalue weighted by Crippen LogP contribution is 2.25. The molecule has 2 fully saturated rings. The van der Waals surface area contributed by atoms with E-state index in [1.807, 2.05) is 15.2 Å². The van der Waals surface area contributed by atoms with E-state index in [-0.39, 0.29) is 17.7 Å². The quantitative estimate of drug-likeness (QED) is 0.736. The number of amides is 2. The number of likely N-dealkylation sites (tertiary alicyclic amines) is 1. The fraction of sp³-hybridized carbons (Fsp3) is 0.522. The summed E-state index contributed by atoms with van der Waals surface area (Å²) in [4.78, 5) is 33.9. The van der Waals surface area contributed by atoms with Crippen LogP contribution < -0.4 is 0 Å². The summed E-state index contributed by atoms with van der Waals surface area (Å²) in [6, 6.07) is 8.45. The molecule has 0 aliphatic carbocycles. The second-order valence-electron chi connectivity index (χ2n) is 7.96. The van der Waals surface area contributed by atoms with Crippen molar-refractivity contribution < 1.29 is 14.3 Å². The van der Waals surface area contributed by atoms with E-state index >= 15 is 0 Å². The van der Waals surface area contributed by atoms with Gasteiger partial charge in [0.25, 0.3) is 0 Å². The predicted molar refractivity (Wildman–Crippen MR) is 117 cm³/mol. The van der Waals surface area contributed by atoms with E-state index in [9.17, 15) is 9.59 Å². The molecular weight excluding hydrogens is 398 g/mol. The maximum atomic E-state index is 12.8. The van der Waals surface area contributed by atoms with Crippen LogP contribution >= 0.6 is 11.3 Å². The third-order valence-corrected chi connectivity index (χ3v) is 6.95. The zero-order valence-electron chi connectivity index (χ0n) is 17.5. The Kier molecular flexibility index (Phi) is 6.79. The van der Waals surface area contributed by atoms with Crippen molar-refractivity contribution in [3.05, 3.63) is 40.9 Å². The molecule has 0 spiro atoms. The summed E-state index contributed by atoms with van der Waals surface area (Å²) in [7, 11) is 0. The van der Waals surface area contributed by atoms with Crippen LogP contribution in [0.5, 0.6) is 0 Å². The number of aromatic nitrogens is 1. The molecule has 2 aliphatic rings. The number of morpholine rings is 1. The number of ether oxygens (including phenoxy) is 1. The van der Waals surface area contributed by atoms with E-state index in [1.165, 1.54) is 5.56 Å². The molecule has 0 N–H and O–H groups in total. The molecule has 0 radical (unpaired) electrons. The molecule has 2 aromatic rings. The first-order valence-electron chi connectivity index (χ1n) is 10.8. The van der Waals surface area contributed by atoms with Crippen molar-refractivity contribution in [2.24, 2.45) is 5.92 Å². The van der Waals surface area contributed by atoms with Gasteiger partial charge in [0.2, 0.25) is 11.8 Å². The molecule has 4 rings (SSSR count). The van der Waals surface area contributed by atoms with Gasteiger partial charge in [-0.15, -0.1) is 11.3 Å². The van der Waals surface area contributed by atoms with E-state index in [2.05, 4.69) is 36.2 Å². The molecule has 2 saturated heterocycles. The van der Waals surface area contributed by atoms with Crippen LogP contribution in [-0.4, -0.2) is 66.0 Å². The first kappa shape index (κ1) is 21.0. The average molecular weight is 428 g/mol. The molecule has 160 valence electrons. The Labute approximate surface area is 181 Å². The van der Waals surface area contributed by atoms with Crippen LogP contribution in [0, 0.1) is 5.92 Å². The van der Waals surface area contributed by atoms with Crippen molar-refractivity contribution in [2.75, 3.05) is 39.4 Å². The highest BCUT2D eigenvalue weighted by molar-refractivity contribution is 7.13. The van der Waals surface area contributed by atoms with Crippen LogP contribution in [0.1, 0.15) is 31.0 Å².